The van der Waals surface area contributed by atoms with Gasteiger partial charge in [0, 0.05) is 12.3 Å². The Hall–Kier alpha value is -2.19. The van der Waals surface area contributed by atoms with Gasteiger partial charge < -0.3 is 24.4 Å². The molecule has 0 aliphatic heterocycles. The van der Waals surface area contributed by atoms with Gasteiger partial charge in [0.1, 0.15) is 6.61 Å². The summed E-state index contributed by atoms with van der Waals surface area (Å²) in [4.78, 5) is 34.4. The minimum absolute atomic E-state index is 0.00420. The molecular formula is C27H42O8. The molecule has 0 bridgehead atoms. The molecule has 8 heteroatoms. The third-order valence-electron chi connectivity index (χ3n) is 7.91. The summed E-state index contributed by atoms with van der Waals surface area (Å²) >= 11 is 0. The van der Waals surface area contributed by atoms with Gasteiger partial charge in [0.15, 0.2) is 0 Å². The van der Waals surface area contributed by atoms with Crippen molar-refractivity contribution >= 4 is 17.9 Å². The summed E-state index contributed by atoms with van der Waals surface area (Å²) < 4.78 is 15.1. The molecule has 1 fully saturated rings. The molecule has 5 atom stereocenters. The summed E-state index contributed by atoms with van der Waals surface area (Å²) in [5.41, 5.74) is 2.39. The lowest BCUT2D eigenvalue weighted by molar-refractivity contribution is -0.155. The maximum atomic E-state index is 11.8. The first-order valence-corrected chi connectivity index (χ1v) is 12.4. The number of ether oxygens (including phenoxy) is 3. The molecule has 0 unspecified atom stereocenters. The van der Waals surface area contributed by atoms with Gasteiger partial charge in [0.25, 0.3) is 0 Å². The standard InChI is InChI=1S/C27H42O8/c1-17(11-12-34-25(32)10-9-24(31)33-6)7-8-21-18(2)22(30)13-23-26(4,16-35-19(3)28)14-20(29)15-27(21,23)5/h11,20,22-23,29-30H,7-10,12-16H2,1-6H3/b17-11+/t20-,22+,23-,26+,27+/m0/s1. The highest BCUT2D eigenvalue weighted by atomic mass is 16.5. The highest BCUT2D eigenvalue weighted by Gasteiger charge is 2.56. The van der Waals surface area contributed by atoms with Crippen molar-refractivity contribution in [2.24, 2.45) is 16.7 Å². The lowest BCUT2D eigenvalue weighted by atomic mass is 9.48. The zero-order valence-electron chi connectivity index (χ0n) is 22.0. The van der Waals surface area contributed by atoms with E-state index in [2.05, 4.69) is 11.7 Å². The van der Waals surface area contributed by atoms with Gasteiger partial charge in [-0.25, -0.2) is 0 Å². The summed E-state index contributed by atoms with van der Waals surface area (Å²) in [6.45, 7) is 9.89. The zero-order chi connectivity index (χ0) is 26.4. The number of hydrogen-bond donors (Lipinski definition) is 2. The summed E-state index contributed by atoms with van der Waals surface area (Å²) in [7, 11) is 1.28. The van der Waals surface area contributed by atoms with Crippen LogP contribution in [0.25, 0.3) is 0 Å². The molecule has 2 aliphatic rings. The summed E-state index contributed by atoms with van der Waals surface area (Å²) in [5.74, 6) is -1.18. The fraction of sp³-hybridized carbons (Fsp3) is 0.741. The molecule has 2 rings (SSSR count). The molecule has 2 aliphatic carbocycles. The Morgan fingerprint density at radius 3 is 2.31 bits per heavy atom. The molecule has 0 saturated heterocycles. The lowest BCUT2D eigenvalue weighted by Gasteiger charge is -2.58. The smallest absolute Gasteiger partial charge is 0.306 e. The van der Waals surface area contributed by atoms with Crippen molar-refractivity contribution < 1.29 is 38.8 Å². The van der Waals surface area contributed by atoms with E-state index in [0.29, 0.717) is 25.7 Å². The monoisotopic (exact) mass is 494 g/mol. The third kappa shape index (κ3) is 7.40. The Labute approximate surface area is 208 Å². The van der Waals surface area contributed by atoms with E-state index in [1.807, 2.05) is 26.8 Å². The maximum absolute atomic E-state index is 11.8. The van der Waals surface area contributed by atoms with E-state index in [9.17, 15) is 24.6 Å². The van der Waals surface area contributed by atoms with Crippen LogP contribution in [-0.2, 0) is 28.6 Å². The van der Waals surface area contributed by atoms with Gasteiger partial charge in [0.05, 0.1) is 38.8 Å². The average molecular weight is 495 g/mol. The molecule has 0 aromatic heterocycles. The second-order valence-corrected chi connectivity index (χ2v) is 10.7. The highest BCUT2D eigenvalue weighted by Crippen LogP contribution is 2.60. The van der Waals surface area contributed by atoms with Crippen molar-refractivity contribution in [1.82, 2.24) is 0 Å². The fourth-order valence-corrected chi connectivity index (χ4v) is 6.07. The third-order valence-corrected chi connectivity index (χ3v) is 7.91. The van der Waals surface area contributed by atoms with Gasteiger partial charge >= 0.3 is 17.9 Å². The van der Waals surface area contributed by atoms with Crippen LogP contribution in [0, 0.1) is 16.7 Å². The van der Waals surface area contributed by atoms with E-state index in [0.717, 1.165) is 23.1 Å². The number of rotatable bonds is 10. The number of aliphatic hydroxyl groups is 2. The number of aliphatic hydroxyl groups excluding tert-OH is 2. The highest BCUT2D eigenvalue weighted by molar-refractivity contribution is 5.77. The molecule has 0 aromatic carbocycles. The number of allylic oxidation sites excluding steroid dienone is 2. The summed E-state index contributed by atoms with van der Waals surface area (Å²) in [5, 5.41) is 21.7. The Kier molecular flexibility index (Phi) is 10.1. The van der Waals surface area contributed by atoms with Crippen LogP contribution in [0.5, 0.6) is 0 Å². The molecule has 0 aromatic rings. The molecule has 1 saturated carbocycles. The molecule has 35 heavy (non-hydrogen) atoms. The fourth-order valence-electron chi connectivity index (χ4n) is 6.07. The van der Waals surface area contributed by atoms with Gasteiger partial charge in [-0.1, -0.05) is 25.0 Å². The van der Waals surface area contributed by atoms with Crippen LogP contribution in [-0.4, -0.2) is 60.7 Å². The SMILES string of the molecule is COC(=O)CCC(=O)OC/C=C(\C)CCC1=C(C)[C@H](O)C[C@H]2[C@@](C)(COC(C)=O)C[C@H](O)C[C@]12C. The number of hydrogen-bond acceptors (Lipinski definition) is 8. The van der Waals surface area contributed by atoms with Gasteiger partial charge in [-0.05, 0) is 68.9 Å². The number of carbonyl (C=O) groups is 3. The molecule has 8 nitrogen and oxygen atoms in total. The van der Waals surface area contributed by atoms with Crippen molar-refractivity contribution in [1.29, 1.82) is 0 Å². The van der Waals surface area contributed by atoms with Crippen molar-refractivity contribution in [2.75, 3.05) is 20.3 Å². The maximum Gasteiger partial charge on any atom is 0.306 e. The van der Waals surface area contributed by atoms with E-state index in [4.69, 9.17) is 9.47 Å². The lowest BCUT2D eigenvalue weighted by Crippen LogP contribution is -2.54. The van der Waals surface area contributed by atoms with Crippen LogP contribution in [0.4, 0.5) is 0 Å². The van der Waals surface area contributed by atoms with Crippen LogP contribution in [0.3, 0.4) is 0 Å². The van der Waals surface area contributed by atoms with Gasteiger partial charge in [0.2, 0.25) is 0 Å². The van der Waals surface area contributed by atoms with Crippen LogP contribution in [0.15, 0.2) is 22.8 Å². The van der Waals surface area contributed by atoms with Gasteiger partial charge in [-0.15, -0.1) is 0 Å². The van der Waals surface area contributed by atoms with Gasteiger partial charge in [-0.2, -0.15) is 0 Å². The molecule has 0 amide bonds. The Morgan fingerprint density at radius 2 is 1.69 bits per heavy atom. The van der Waals surface area contributed by atoms with E-state index < -0.39 is 29.6 Å². The first-order chi connectivity index (χ1) is 16.3. The summed E-state index contributed by atoms with van der Waals surface area (Å²) in [6, 6.07) is 0. The van der Waals surface area contributed by atoms with Crippen LogP contribution in [0.1, 0.15) is 79.6 Å². The number of carbonyl (C=O) groups excluding carboxylic acids is 3. The predicted molar refractivity (Wildman–Crippen MR) is 130 cm³/mol. The van der Waals surface area contributed by atoms with E-state index in [1.165, 1.54) is 14.0 Å². The topological polar surface area (TPSA) is 119 Å². The van der Waals surface area contributed by atoms with Crippen molar-refractivity contribution in [3.63, 3.8) is 0 Å². The van der Waals surface area contributed by atoms with Gasteiger partial charge in [-0.3, -0.25) is 14.4 Å². The Bertz CT molecular complexity index is 859. The second-order valence-electron chi connectivity index (χ2n) is 10.7. The quantitative estimate of drug-likeness (QED) is 0.268. The van der Waals surface area contributed by atoms with Crippen LogP contribution in [0.2, 0.25) is 0 Å². The first-order valence-electron chi connectivity index (χ1n) is 12.4. The van der Waals surface area contributed by atoms with Crippen molar-refractivity contribution in [3.05, 3.63) is 22.8 Å². The minimum atomic E-state index is -0.574. The second kappa shape index (κ2) is 12.2. The van der Waals surface area contributed by atoms with Crippen LogP contribution < -0.4 is 0 Å². The molecule has 2 N–H and O–H groups in total. The number of fused-ring (bicyclic) bond motifs is 1. The van der Waals surface area contributed by atoms with E-state index in [1.54, 1.807) is 0 Å². The first kappa shape index (κ1) is 29.0. The van der Waals surface area contributed by atoms with E-state index in [-0.39, 0.29) is 43.4 Å². The molecule has 0 spiro atoms. The minimum Gasteiger partial charge on any atom is -0.469 e. The molecule has 198 valence electrons. The number of methoxy groups -OCH3 is 1. The summed E-state index contributed by atoms with van der Waals surface area (Å²) in [6.07, 6.45) is 3.88. The van der Waals surface area contributed by atoms with Crippen molar-refractivity contribution in [3.8, 4) is 0 Å². The molecule has 0 heterocycles. The van der Waals surface area contributed by atoms with E-state index >= 15 is 0 Å². The Morgan fingerprint density at radius 1 is 1.03 bits per heavy atom. The largest absolute Gasteiger partial charge is 0.469 e. The Balaban J connectivity index is 2.09. The molecule has 0 radical (unpaired) electrons. The van der Waals surface area contributed by atoms with Crippen molar-refractivity contribution in [2.45, 2.75) is 91.8 Å². The predicted octanol–water partition coefficient (Wildman–Crippen LogP) is 3.64. The zero-order valence-corrected chi connectivity index (χ0v) is 22.0. The average Bonchev–Trinajstić information content (AvgIpc) is 2.77. The number of esters is 3. The normalized spacial score (nSPS) is 31.0. The molecular weight excluding hydrogens is 452 g/mol. The van der Waals surface area contributed by atoms with Crippen LogP contribution >= 0.6 is 0 Å².